The third-order valence-corrected chi connectivity index (χ3v) is 2.91. The van der Waals surface area contributed by atoms with Crippen molar-refractivity contribution in [1.29, 1.82) is 5.26 Å². The molecule has 2 rings (SSSR count). The summed E-state index contributed by atoms with van der Waals surface area (Å²) in [4.78, 5) is 11.7. The third kappa shape index (κ3) is 2.44. The van der Waals surface area contributed by atoms with Crippen molar-refractivity contribution >= 4 is 11.6 Å². The summed E-state index contributed by atoms with van der Waals surface area (Å²) in [5.41, 5.74) is 2.07. The van der Waals surface area contributed by atoms with Crippen LogP contribution in [0.15, 0.2) is 41.3 Å². The molecule has 0 amide bonds. The molecule has 0 saturated carbocycles. The Morgan fingerprint density at radius 2 is 2.17 bits per heavy atom. The fraction of sp³-hybridized carbons (Fsp3) is 0.143. The maximum absolute atomic E-state index is 11.7. The van der Waals surface area contributed by atoms with Gasteiger partial charge in [0, 0.05) is 34.2 Å². The van der Waals surface area contributed by atoms with Gasteiger partial charge in [-0.05, 0) is 25.1 Å². The Balaban J connectivity index is 2.61. The predicted octanol–water partition coefficient (Wildman–Crippen LogP) is 2.87. The second kappa shape index (κ2) is 5.07. The number of rotatable bonds is 2. The summed E-state index contributed by atoms with van der Waals surface area (Å²) in [5.74, 6) is 0. The molecule has 3 nitrogen and oxygen atoms in total. The van der Waals surface area contributed by atoms with Crippen molar-refractivity contribution in [3.05, 3.63) is 63.0 Å². The molecule has 18 heavy (non-hydrogen) atoms. The largest absolute Gasteiger partial charge is 0.321 e. The third-order valence-electron chi connectivity index (χ3n) is 2.68. The van der Waals surface area contributed by atoms with Crippen LogP contribution in [-0.4, -0.2) is 4.57 Å². The van der Waals surface area contributed by atoms with Gasteiger partial charge in [-0.1, -0.05) is 17.7 Å². The summed E-state index contributed by atoms with van der Waals surface area (Å²) in [6, 6.07) is 10.9. The summed E-state index contributed by atoms with van der Waals surface area (Å²) >= 11 is 5.95. The second-order valence-electron chi connectivity index (χ2n) is 3.99. The number of hydrogen-bond acceptors (Lipinski definition) is 2. The molecule has 0 aliphatic carbocycles. The average molecular weight is 259 g/mol. The minimum Gasteiger partial charge on any atom is -0.321 e. The van der Waals surface area contributed by atoms with E-state index < -0.39 is 0 Å². The van der Waals surface area contributed by atoms with Crippen molar-refractivity contribution < 1.29 is 0 Å². The Labute approximate surface area is 110 Å². The number of aryl methyl sites for hydroxylation is 1. The normalized spacial score (nSPS) is 10.1. The van der Waals surface area contributed by atoms with Crippen LogP contribution < -0.4 is 5.43 Å². The SMILES string of the molecule is Cc1cc(=O)c(CC#N)cn1-c1cccc(Cl)c1. The molecule has 0 N–H and O–H groups in total. The zero-order valence-corrected chi connectivity index (χ0v) is 10.6. The lowest BCUT2D eigenvalue weighted by molar-refractivity contribution is 0.949. The fourth-order valence-electron chi connectivity index (χ4n) is 1.80. The van der Waals surface area contributed by atoms with Crippen LogP contribution in [0.5, 0.6) is 0 Å². The van der Waals surface area contributed by atoms with Crippen molar-refractivity contribution in [2.75, 3.05) is 0 Å². The maximum atomic E-state index is 11.7. The van der Waals surface area contributed by atoms with E-state index >= 15 is 0 Å². The monoisotopic (exact) mass is 258 g/mol. The number of nitriles is 1. The van der Waals surface area contributed by atoms with E-state index in [9.17, 15) is 4.79 Å². The first kappa shape index (κ1) is 12.4. The molecule has 0 bridgehead atoms. The molecular formula is C14H11ClN2O. The standard InChI is InChI=1S/C14H11ClN2O/c1-10-7-14(18)11(5-6-16)9-17(10)13-4-2-3-12(15)8-13/h2-4,7-9H,5H2,1H3. The summed E-state index contributed by atoms with van der Waals surface area (Å²) in [5, 5.41) is 9.33. The molecule has 1 aromatic heterocycles. The van der Waals surface area contributed by atoms with Gasteiger partial charge in [0.2, 0.25) is 0 Å². The van der Waals surface area contributed by atoms with Crippen LogP contribution in [0.1, 0.15) is 11.3 Å². The van der Waals surface area contributed by atoms with Crippen molar-refractivity contribution in [2.24, 2.45) is 0 Å². The number of pyridine rings is 1. The Kier molecular flexibility index (Phi) is 3.50. The first-order valence-corrected chi connectivity index (χ1v) is 5.84. The number of halogens is 1. The highest BCUT2D eigenvalue weighted by Gasteiger charge is 2.05. The van der Waals surface area contributed by atoms with Gasteiger partial charge in [0.25, 0.3) is 0 Å². The Morgan fingerprint density at radius 1 is 1.39 bits per heavy atom. The van der Waals surface area contributed by atoms with Crippen LogP contribution >= 0.6 is 11.6 Å². The lowest BCUT2D eigenvalue weighted by Crippen LogP contribution is -2.13. The van der Waals surface area contributed by atoms with E-state index in [2.05, 4.69) is 0 Å². The molecule has 0 radical (unpaired) electrons. The van der Waals surface area contributed by atoms with E-state index in [0.29, 0.717) is 10.6 Å². The molecule has 0 saturated heterocycles. The highest BCUT2D eigenvalue weighted by Crippen LogP contribution is 2.16. The molecule has 0 atom stereocenters. The van der Waals surface area contributed by atoms with Gasteiger partial charge in [-0.25, -0.2) is 0 Å². The zero-order chi connectivity index (χ0) is 13.1. The van der Waals surface area contributed by atoms with Crippen LogP contribution in [0.4, 0.5) is 0 Å². The topological polar surface area (TPSA) is 45.8 Å². The number of hydrogen-bond donors (Lipinski definition) is 0. The first-order chi connectivity index (χ1) is 8.61. The van der Waals surface area contributed by atoms with Crippen LogP contribution in [0.25, 0.3) is 5.69 Å². The molecule has 0 aliphatic rings. The van der Waals surface area contributed by atoms with Gasteiger partial charge in [-0.2, -0.15) is 5.26 Å². The molecule has 0 unspecified atom stereocenters. The van der Waals surface area contributed by atoms with E-state index in [0.717, 1.165) is 11.4 Å². The van der Waals surface area contributed by atoms with E-state index in [-0.39, 0.29) is 11.8 Å². The van der Waals surface area contributed by atoms with Crippen LogP contribution in [-0.2, 0) is 6.42 Å². The van der Waals surface area contributed by atoms with E-state index in [4.69, 9.17) is 16.9 Å². The molecule has 1 aromatic carbocycles. The summed E-state index contributed by atoms with van der Waals surface area (Å²) in [7, 11) is 0. The number of nitrogens with zero attached hydrogens (tertiary/aromatic N) is 2. The minimum atomic E-state index is -0.104. The predicted molar refractivity (Wildman–Crippen MR) is 71.1 cm³/mol. The summed E-state index contributed by atoms with van der Waals surface area (Å²) in [6.07, 6.45) is 1.81. The Bertz CT molecular complexity index is 683. The fourth-order valence-corrected chi connectivity index (χ4v) is 1.98. The van der Waals surface area contributed by atoms with E-state index in [1.165, 1.54) is 6.07 Å². The van der Waals surface area contributed by atoms with Gasteiger partial charge in [0.15, 0.2) is 5.43 Å². The molecule has 4 heteroatoms. The first-order valence-electron chi connectivity index (χ1n) is 5.47. The van der Waals surface area contributed by atoms with Gasteiger partial charge < -0.3 is 4.57 Å². The molecule has 1 heterocycles. The van der Waals surface area contributed by atoms with E-state index in [1.54, 1.807) is 12.3 Å². The molecule has 0 aliphatic heterocycles. The quantitative estimate of drug-likeness (QED) is 0.831. The molecular weight excluding hydrogens is 248 g/mol. The number of benzene rings is 1. The minimum absolute atomic E-state index is 0.104. The molecule has 0 spiro atoms. The van der Waals surface area contributed by atoms with Gasteiger partial charge in [0.05, 0.1) is 12.5 Å². The van der Waals surface area contributed by atoms with Crippen molar-refractivity contribution in [3.8, 4) is 11.8 Å². The van der Waals surface area contributed by atoms with Gasteiger partial charge in [-0.3, -0.25) is 4.79 Å². The highest BCUT2D eigenvalue weighted by molar-refractivity contribution is 6.30. The molecule has 2 aromatic rings. The van der Waals surface area contributed by atoms with Crippen LogP contribution in [0.2, 0.25) is 5.02 Å². The Hall–Kier alpha value is -2.05. The average Bonchev–Trinajstić information content (AvgIpc) is 2.33. The second-order valence-corrected chi connectivity index (χ2v) is 4.43. The van der Waals surface area contributed by atoms with Gasteiger partial charge >= 0.3 is 0 Å². The Morgan fingerprint density at radius 3 is 2.83 bits per heavy atom. The lowest BCUT2D eigenvalue weighted by Gasteiger charge is -2.12. The summed E-state index contributed by atoms with van der Waals surface area (Å²) < 4.78 is 1.86. The van der Waals surface area contributed by atoms with Gasteiger partial charge in [-0.15, -0.1) is 0 Å². The molecule has 0 fully saturated rings. The zero-order valence-electron chi connectivity index (χ0n) is 9.85. The van der Waals surface area contributed by atoms with Crippen molar-refractivity contribution in [3.63, 3.8) is 0 Å². The summed E-state index contributed by atoms with van der Waals surface area (Å²) in [6.45, 7) is 1.85. The highest BCUT2D eigenvalue weighted by atomic mass is 35.5. The maximum Gasteiger partial charge on any atom is 0.186 e. The lowest BCUT2D eigenvalue weighted by atomic mass is 10.2. The van der Waals surface area contributed by atoms with Gasteiger partial charge in [0.1, 0.15) is 0 Å². The van der Waals surface area contributed by atoms with Crippen LogP contribution in [0.3, 0.4) is 0 Å². The van der Waals surface area contributed by atoms with Crippen molar-refractivity contribution in [2.45, 2.75) is 13.3 Å². The van der Waals surface area contributed by atoms with E-state index in [1.807, 2.05) is 35.8 Å². The smallest absolute Gasteiger partial charge is 0.186 e. The van der Waals surface area contributed by atoms with Crippen molar-refractivity contribution in [1.82, 2.24) is 4.57 Å². The van der Waals surface area contributed by atoms with Crippen LogP contribution in [0, 0.1) is 18.3 Å². The number of aromatic nitrogens is 1. The molecule has 90 valence electrons.